The maximum absolute atomic E-state index is 13.2. The van der Waals surface area contributed by atoms with Crippen molar-refractivity contribution >= 4 is 12.0 Å². The number of hydrogen-bond acceptors (Lipinski definition) is 5. The molecular formula is C38H51FN2O3. The van der Waals surface area contributed by atoms with Crippen molar-refractivity contribution in [2.24, 2.45) is 0 Å². The maximum Gasteiger partial charge on any atom is 0.133 e. The van der Waals surface area contributed by atoms with Gasteiger partial charge in [-0.1, -0.05) is 57.0 Å². The number of hydrogen-bond donors (Lipinski definition) is 0. The van der Waals surface area contributed by atoms with Crippen molar-refractivity contribution in [1.29, 1.82) is 0 Å². The Kier molecular flexibility index (Phi) is 12.7. The third-order valence-electron chi connectivity index (χ3n) is 9.30. The van der Waals surface area contributed by atoms with Gasteiger partial charge in [-0.05, 0) is 97.5 Å². The molecule has 1 fully saturated rings. The summed E-state index contributed by atoms with van der Waals surface area (Å²) in [7, 11) is 3.84. The molecule has 3 aromatic rings. The van der Waals surface area contributed by atoms with Crippen LogP contribution in [0.15, 0.2) is 60.7 Å². The standard InChI is InChI=1S/C23H27NO3.C15H24FN/c1-26-22-5-3-2-4-17(22)6-8-21-15-20(16-24(21)11-12-25)18-7-9-23-19(14-18)10-13-27-23;1-5-7-13(8-6-2)17(4)14-9-10-15(16)12(3)11-14/h2-5,7,9,12,14,20-21H,6,8,10-11,13,15-16H2,1H3;9-11,13H,5-8H2,1-4H3/t20?,21-;/m0./s1. The molecule has 0 bridgehead atoms. The molecule has 5 nitrogen and oxygen atoms in total. The first-order valence-corrected chi connectivity index (χ1v) is 16.4. The van der Waals surface area contributed by atoms with Gasteiger partial charge in [0.05, 0.1) is 20.3 Å². The summed E-state index contributed by atoms with van der Waals surface area (Å²) in [5.41, 5.74) is 5.79. The van der Waals surface area contributed by atoms with Crippen LogP contribution in [-0.2, 0) is 17.6 Å². The highest BCUT2D eigenvalue weighted by molar-refractivity contribution is 5.52. The lowest BCUT2D eigenvalue weighted by molar-refractivity contribution is -0.109. The molecular weight excluding hydrogens is 551 g/mol. The molecule has 3 aromatic carbocycles. The minimum absolute atomic E-state index is 0.121. The lowest BCUT2D eigenvalue weighted by Crippen LogP contribution is -2.31. The molecule has 0 N–H and O–H groups in total. The number of benzene rings is 3. The Bertz CT molecular complexity index is 1340. The van der Waals surface area contributed by atoms with Gasteiger partial charge in [0, 0.05) is 37.8 Å². The third kappa shape index (κ3) is 8.62. The van der Waals surface area contributed by atoms with Crippen molar-refractivity contribution in [2.45, 2.75) is 90.1 Å². The fraction of sp³-hybridized carbons (Fsp3) is 0.500. The summed E-state index contributed by atoms with van der Waals surface area (Å²) >= 11 is 0. The molecule has 2 heterocycles. The Morgan fingerprint density at radius 3 is 2.57 bits per heavy atom. The number of fused-ring (bicyclic) bond motifs is 1. The number of rotatable bonds is 13. The average Bonchev–Trinajstić information content (AvgIpc) is 3.68. The Labute approximate surface area is 264 Å². The number of aldehydes is 1. The van der Waals surface area contributed by atoms with E-state index in [1.54, 1.807) is 13.2 Å². The number of nitrogens with zero attached hydrogens (tertiary/aromatic N) is 2. The highest BCUT2D eigenvalue weighted by Crippen LogP contribution is 2.37. The van der Waals surface area contributed by atoms with Crippen molar-refractivity contribution < 1.29 is 18.7 Å². The fourth-order valence-electron chi connectivity index (χ4n) is 6.79. The summed E-state index contributed by atoms with van der Waals surface area (Å²) in [6.07, 6.45) is 9.92. The lowest BCUT2D eigenvalue weighted by Gasteiger charge is -2.30. The number of carbonyl (C=O) groups excluding carboxylic acids is 1. The Morgan fingerprint density at radius 1 is 1.09 bits per heavy atom. The molecule has 5 rings (SSSR count). The Hall–Kier alpha value is -3.38. The molecule has 238 valence electrons. The van der Waals surface area contributed by atoms with E-state index in [1.807, 2.05) is 31.2 Å². The van der Waals surface area contributed by atoms with Crippen LogP contribution in [0.25, 0.3) is 0 Å². The second kappa shape index (κ2) is 16.6. The van der Waals surface area contributed by atoms with Crippen molar-refractivity contribution in [3.8, 4) is 11.5 Å². The van der Waals surface area contributed by atoms with Crippen molar-refractivity contribution in [1.82, 2.24) is 4.90 Å². The molecule has 0 saturated carbocycles. The Balaban J connectivity index is 0.000000225. The van der Waals surface area contributed by atoms with Gasteiger partial charge in [0.1, 0.15) is 23.6 Å². The van der Waals surface area contributed by atoms with Gasteiger partial charge in [-0.2, -0.15) is 0 Å². The highest BCUT2D eigenvalue weighted by Gasteiger charge is 2.33. The second-order valence-corrected chi connectivity index (χ2v) is 12.3. The molecule has 0 spiro atoms. The minimum atomic E-state index is -0.121. The Morgan fingerprint density at radius 2 is 1.86 bits per heavy atom. The van der Waals surface area contributed by atoms with E-state index in [-0.39, 0.29) is 5.82 Å². The molecule has 44 heavy (non-hydrogen) atoms. The molecule has 0 radical (unpaired) electrons. The number of para-hydroxylation sites is 1. The first kappa shape index (κ1) is 33.5. The highest BCUT2D eigenvalue weighted by atomic mass is 19.1. The van der Waals surface area contributed by atoms with Crippen LogP contribution in [0, 0.1) is 12.7 Å². The predicted octanol–water partition coefficient (Wildman–Crippen LogP) is 8.16. The van der Waals surface area contributed by atoms with E-state index >= 15 is 0 Å². The molecule has 1 saturated heterocycles. The van der Waals surface area contributed by atoms with Gasteiger partial charge in [0.15, 0.2) is 0 Å². The summed E-state index contributed by atoms with van der Waals surface area (Å²) in [5, 5.41) is 0. The maximum atomic E-state index is 13.2. The molecule has 0 aromatic heterocycles. The first-order chi connectivity index (χ1) is 21.4. The number of anilines is 1. The second-order valence-electron chi connectivity index (χ2n) is 12.3. The SMILES string of the molecule is CCCC(CCC)N(C)c1ccc(F)c(C)c1.COc1ccccc1CC[C@H]1CC(c2ccc3c(c2)CCO3)CN1CC=O. The third-order valence-corrected chi connectivity index (χ3v) is 9.30. The monoisotopic (exact) mass is 602 g/mol. The summed E-state index contributed by atoms with van der Waals surface area (Å²) in [5.74, 6) is 2.35. The fourth-order valence-corrected chi connectivity index (χ4v) is 6.79. The smallest absolute Gasteiger partial charge is 0.133 e. The number of likely N-dealkylation sites (tertiary alicyclic amines) is 1. The molecule has 1 unspecified atom stereocenters. The number of aryl methyl sites for hydroxylation is 2. The molecule has 0 aliphatic carbocycles. The van der Waals surface area contributed by atoms with Crippen LogP contribution in [-0.4, -0.2) is 57.1 Å². The van der Waals surface area contributed by atoms with Crippen LogP contribution in [0.2, 0.25) is 0 Å². The number of methoxy groups -OCH3 is 1. The van der Waals surface area contributed by atoms with Gasteiger partial charge >= 0.3 is 0 Å². The van der Waals surface area contributed by atoms with E-state index < -0.39 is 0 Å². The van der Waals surface area contributed by atoms with E-state index in [2.05, 4.69) is 61.0 Å². The first-order valence-electron chi connectivity index (χ1n) is 16.4. The summed E-state index contributed by atoms with van der Waals surface area (Å²) in [4.78, 5) is 15.8. The minimum Gasteiger partial charge on any atom is -0.496 e. The number of carbonyl (C=O) groups is 1. The van der Waals surface area contributed by atoms with E-state index in [4.69, 9.17) is 9.47 Å². The topological polar surface area (TPSA) is 42.0 Å². The van der Waals surface area contributed by atoms with Crippen LogP contribution in [0.1, 0.15) is 80.5 Å². The zero-order chi connectivity index (χ0) is 31.5. The summed E-state index contributed by atoms with van der Waals surface area (Å²) in [6, 6.07) is 21.2. The summed E-state index contributed by atoms with van der Waals surface area (Å²) in [6.45, 7) is 8.51. The van der Waals surface area contributed by atoms with Gasteiger partial charge in [-0.25, -0.2) is 4.39 Å². The van der Waals surface area contributed by atoms with E-state index in [1.165, 1.54) is 42.4 Å². The van der Waals surface area contributed by atoms with Crippen LogP contribution in [0.5, 0.6) is 11.5 Å². The molecule has 2 aliphatic heterocycles. The van der Waals surface area contributed by atoms with Gasteiger partial charge in [-0.15, -0.1) is 0 Å². The molecule has 2 aliphatic rings. The van der Waals surface area contributed by atoms with Crippen molar-refractivity contribution in [2.75, 3.05) is 38.8 Å². The van der Waals surface area contributed by atoms with E-state index in [0.29, 0.717) is 24.5 Å². The van der Waals surface area contributed by atoms with Gasteiger partial charge in [0.2, 0.25) is 0 Å². The van der Waals surface area contributed by atoms with E-state index in [9.17, 15) is 9.18 Å². The average molecular weight is 603 g/mol. The van der Waals surface area contributed by atoms with Crippen LogP contribution in [0.3, 0.4) is 0 Å². The van der Waals surface area contributed by atoms with Gasteiger partial charge in [0.25, 0.3) is 0 Å². The van der Waals surface area contributed by atoms with Gasteiger partial charge < -0.3 is 19.2 Å². The lowest BCUT2D eigenvalue weighted by atomic mass is 9.92. The molecule has 6 heteroatoms. The van der Waals surface area contributed by atoms with Crippen molar-refractivity contribution in [3.05, 3.63) is 88.7 Å². The van der Waals surface area contributed by atoms with E-state index in [0.717, 1.165) is 67.9 Å². The predicted molar refractivity (Wildman–Crippen MR) is 179 cm³/mol. The van der Waals surface area contributed by atoms with Gasteiger partial charge in [-0.3, -0.25) is 4.90 Å². The number of ether oxygens (including phenoxy) is 2. The van der Waals surface area contributed by atoms with Crippen LogP contribution < -0.4 is 14.4 Å². The normalized spacial score (nSPS) is 17.5. The number of halogens is 1. The molecule has 2 atom stereocenters. The largest absolute Gasteiger partial charge is 0.496 e. The van der Waals surface area contributed by atoms with Crippen LogP contribution >= 0.6 is 0 Å². The molecule has 0 amide bonds. The van der Waals surface area contributed by atoms with Crippen molar-refractivity contribution in [3.63, 3.8) is 0 Å². The zero-order valence-corrected chi connectivity index (χ0v) is 27.4. The summed E-state index contributed by atoms with van der Waals surface area (Å²) < 4.78 is 24.4. The van der Waals surface area contributed by atoms with Crippen LogP contribution in [0.4, 0.5) is 10.1 Å². The zero-order valence-electron chi connectivity index (χ0n) is 27.4. The quantitative estimate of drug-likeness (QED) is 0.185.